The molecular weight excluding hydrogens is 242 g/mol. The zero-order valence-electron chi connectivity index (χ0n) is 9.50. The topological polar surface area (TPSA) is 58.6 Å². The second-order valence-corrected chi connectivity index (χ2v) is 4.83. The van der Waals surface area contributed by atoms with Crippen molar-refractivity contribution in [3.63, 3.8) is 0 Å². The van der Waals surface area contributed by atoms with E-state index < -0.39 is 11.4 Å². The number of carboxylic acids is 1. The average molecular weight is 256 g/mol. The fourth-order valence-electron chi connectivity index (χ4n) is 1.70. The summed E-state index contributed by atoms with van der Waals surface area (Å²) < 4.78 is 5.00. The molecule has 1 fully saturated rings. The van der Waals surface area contributed by atoms with Crippen molar-refractivity contribution < 1.29 is 14.6 Å². The minimum Gasteiger partial charge on any atom is -0.481 e. The van der Waals surface area contributed by atoms with Gasteiger partial charge in [-0.1, -0.05) is 17.7 Å². The molecule has 0 unspecified atom stereocenters. The lowest BCUT2D eigenvalue weighted by Crippen LogP contribution is -2.53. The minimum absolute atomic E-state index is 0.259. The summed E-state index contributed by atoms with van der Waals surface area (Å²) in [5, 5.41) is 12.9. The molecule has 1 aliphatic heterocycles. The van der Waals surface area contributed by atoms with Crippen molar-refractivity contribution in [2.24, 2.45) is 5.41 Å². The molecule has 4 nitrogen and oxygen atoms in total. The smallest absolute Gasteiger partial charge is 0.316 e. The first kappa shape index (κ1) is 12.2. The van der Waals surface area contributed by atoms with Gasteiger partial charge in [0.05, 0.1) is 13.2 Å². The molecule has 0 bridgehead atoms. The van der Waals surface area contributed by atoms with Crippen LogP contribution in [0.5, 0.6) is 0 Å². The lowest BCUT2D eigenvalue weighted by atomic mass is 9.86. The Morgan fingerprint density at radius 2 is 2.29 bits per heavy atom. The van der Waals surface area contributed by atoms with E-state index in [1.807, 2.05) is 19.1 Å². The van der Waals surface area contributed by atoms with Crippen LogP contribution in [0.3, 0.4) is 0 Å². The van der Waals surface area contributed by atoms with Crippen molar-refractivity contribution >= 4 is 23.3 Å². The summed E-state index contributed by atoms with van der Waals surface area (Å²) in [6, 6.07) is 5.50. The second kappa shape index (κ2) is 4.55. The predicted octanol–water partition coefficient (Wildman–Crippen LogP) is 2.16. The van der Waals surface area contributed by atoms with Crippen LogP contribution < -0.4 is 5.32 Å². The van der Waals surface area contributed by atoms with Gasteiger partial charge in [0.2, 0.25) is 0 Å². The lowest BCUT2D eigenvalue weighted by Gasteiger charge is -2.37. The van der Waals surface area contributed by atoms with Gasteiger partial charge in [0.1, 0.15) is 5.41 Å². The third-order valence-electron chi connectivity index (χ3n) is 3.03. The largest absolute Gasteiger partial charge is 0.481 e. The third-order valence-corrected chi connectivity index (χ3v) is 3.26. The highest BCUT2D eigenvalue weighted by molar-refractivity contribution is 6.30. The maximum Gasteiger partial charge on any atom is 0.316 e. The number of halogens is 1. The monoisotopic (exact) mass is 255 g/mol. The zero-order chi connectivity index (χ0) is 12.5. The van der Waals surface area contributed by atoms with E-state index in [0.717, 1.165) is 11.3 Å². The fraction of sp³-hybridized carbons (Fsp3) is 0.417. The van der Waals surface area contributed by atoms with E-state index in [4.69, 9.17) is 21.4 Å². The van der Waals surface area contributed by atoms with Gasteiger partial charge in [-0.25, -0.2) is 0 Å². The van der Waals surface area contributed by atoms with Crippen LogP contribution in [0.1, 0.15) is 5.56 Å². The van der Waals surface area contributed by atoms with E-state index in [9.17, 15) is 4.79 Å². The van der Waals surface area contributed by atoms with Crippen LogP contribution in [-0.4, -0.2) is 30.8 Å². The molecule has 1 aromatic rings. The number of aliphatic carboxylic acids is 1. The Kier molecular flexibility index (Phi) is 3.26. The molecule has 0 amide bonds. The number of aryl methyl sites for hydroxylation is 1. The van der Waals surface area contributed by atoms with Crippen molar-refractivity contribution in [1.29, 1.82) is 0 Å². The zero-order valence-corrected chi connectivity index (χ0v) is 10.3. The Morgan fingerprint density at radius 1 is 1.59 bits per heavy atom. The SMILES string of the molecule is Cc1ccc(Cl)cc1NCC1(C(=O)O)COC1. The number of carboxylic acid groups (broad SMARTS) is 1. The molecule has 0 spiro atoms. The molecule has 1 saturated heterocycles. The van der Waals surface area contributed by atoms with Gasteiger partial charge in [-0.15, -0.1) is 0 Å². The highest BCUT2D eigenvalue weighted by atomic mass is 35.5. The lowest BCUT2D eigenvalue weighted by molar-refractivity contribution is -0.176. The molecule has 2 N–H and O–H groups in total. The molecule has 5 heteroatoms. The third kappa shape index (κ3) is 2.37. The van der Waals surface area contributed by atoms with Crippen LogP contribution in [0.4, 0.5) is 5.69 Å². The van der Waals surface area contributed by atoms with Crippen LogP contribution in [-0.2, 0) is 9.53 Å². The highest BCUT2D eigenvalue weighted by Gasteiger charge is 2.46. The highest BCUT2D eigenvalue weighted by Crippen LogP contribution is 2.29. The number of ether oxygens (including phenoxy) is 1. The first-order valence-electron chi connectivity index (χ1n) is 5.35. The van der Waals surface area contributed by atoms with Crippen molar-refractivity contribution in [3.8, 4) is 0 Å². The van der Waals surface area contributed by atoms with Gasteiger partial charge in [-0.2, -0.15) is 0 Å². The molecule has 1 aliphatic rings. The number of benzene rings is 1. The average Bonchev–Trinajstić information content (AvgIpc) is 2.21. The van der Waals surface area contributed by atoms with Crippen LogP contribution in [0.25, 0.3) is 0 Å². The molecule has 0 radical (unpaired) electrons. The van der Waals surface area contributed by atoms with Crippen LogP contribution in [0.2, 0.25) is 5.02 Å². The van der Waals surface area contributed by atoms with Gasteiger partial charge in [0.15, 0.2) is 0 Å². The minimum atomic E-state index is -0.823. The van der Waals surface area contributed by atoms with Gasteiger partial charge < -0.3 is 15.2 Å². The van der Waals surface area contributed by atoms with Gasteiger partial charge in [-0.3, -0.25) is 4.79 Å². The van der Waals surface area contributed by atoms with Crippen LogP contribution >= 0.6 is 11.6 Å². The molecule has 92 valence electrons. The summed E-state index contributed by atoms with van der Waals surface area (Å²) in [7, 11) is 0. The molecule has 2 rings (SSSR count). The maximum absolute atomic E-state index is 11.1. The van der Waals surface area contributed by atoms with Crippen molar-refractivity contribution in [3.05, 3.63) is 28.8 Å². The number of nitrogens with one attached hydrogen (secondary N) is 1. The summed E-state index contributed by atoms with van der Waals surface area (Å²) >= 11 is 5.90. The molecule has 0 atom stereocenters. The van der Waals surface area contributed by atoms with Crippen LogP contribution in [0, 0.1) is 12.3 Å². The van der Waals surface area contributed by atoms with E-state index in [1.165, 1.54) is 0 Å². The Labute approximate surface area is 105 Å². The summed E-state index contributed by atoms with van der Waals surface area (Å²) in [5.41, 5.74) is 1.11. The van der Waals surface area contributed by atoms with Gasteiger partial charge in [0, 0.05) is 17.3 Å². The Hall–Kier alpha value is -1.26. The Bertz CT molecular complexity index is 443. The molecule has 0 aliphatic carbocycles. The Balaban J connectivity index is 2.07. The summed E-state index contributed by atoms with van der Waals surface area (Å²) in [4.78, 5) is 11.1. The fourth-order valence-corrected chi connectivity index (χ4v) is 1.87. The summed E-state index contributed by atoms with van der Waals surface area (Å²) in [6.07, 6.45) is 0. The molecule has 0 aromatic heterocycles. The molecule has 1 heterocycles. The first-order valence-corrected chi connectivity index (χ1v) is 5.72. The molecule has 0 saturated carbocycles. The van der Waals surface area contributed by atoms with Gasteiger partial charge in [-0.05, 0) is 24.6 Å². The standard InChI is InChI=1S/C12H14ClNO3/c1-8-2-3-9(13)4-10(8)14-5-12(11(15)16)6-17-7-12/h2-4,14H,5-7H2,1H3,(H,15,16). The molecular formula is C12H14ClNO3. The first-order chi connectivity index (χ1) is 8.03. The van der Waals surface area contributed by atoms with E-state index in [2.05, 4.69) is 5.32 Å². The van der Waals surface area contributed by atoms with E-state index >= 15 is 0 Å². The number of rotatable bonds is 4. The van der Waals surface area contributed by atoms with Crippen molar-refractivity contribution in [2.75, 3.05) is 25.1 Å². The van der Waals surface area contributed by atoms with E-state index in [1.54, 1.807) is 6.07 Å². The van der Waals surface area contributed by atoms with Gasteiger partial charge >= 0.3 is 5.97 Å². The second-order valence-electron chi connectivity index (χ2n) is 4.39. The summed E-state index contributed by atoms with van der Waals surface area (Å²) in [5.74, 6) is -0.823. The quantitative estimate of drug-likeness (QED) is 0.866. The van der Waals surface area contributed by atoms with E-state index in [-0.39, 0.29) is 13.2 Å². The number of hydrogen-bond donors (Lipinski definition) is 2. The van der Waals surface area contributed by atoms with Gasteiger partial charge in [0.25, 0.3) is 0 Å². The van der Waals surface area contributed by atoms with Crippen molar-refractivity contribution in [1.82, 2.24) is 0 Å². The summed E-state index contributed by atoms with van der Waals surface area (Å²) in [6.45, 7) is 2.82. The maximum atomic E-state index is 11.1. The van der Waals surface area contributed by atoms with Crippen LogP contribution in [0.15, 0.2) is 18.2 Å². The molecule has 17 heavy (non-hydrogen) atoms. The number of carbonyl (C=O) groups is 1. The van der Waals surface area contributed by atoms with E-state index in [0.29, 0.717) is 11.6 Å². The van der Waals surface area contributed by atoms with Crippen molar-refractivity contribution in [2.45, 2.75) is 6.92 Å². The number of anilines is 1. The normalized spacial score (nSPS) is 17.3. The molecule has 1 aromatic carbocycles. The number of hydrogen-bond acceptors (Lipinski definition) is 3. The predicted molar refractivity (Wildman–Crippen MR) is 65.6 cm³/mol. The Morgan fingerprint density at radius 3 is 2.82 bits per heavy atom.